The third-order valence-electron chi connectivity index (χ3n) is 10.2. The molecule has 7 rings (SSSR count). The summed E-state index contributed by atoms with van der Waals surface area (Å²) in [6.45, 7) is 3.40. The molecule has 3 aliphatic carbocycles. The molecule has 1 fully saturated rings. The summed E-state index contributed by atoms with van der Waals surface area (Å²) < 4.78 is 10.8. The minimum atomic E-state index is -0.699. The van der Waals surface area contributed by atoms with E-state index >= 15 is 0 Å². The molecule has 0 saturated carbocycles. The number of para-hydroxylation sites is 1. The van der Waals surface area contributed by atoms with Crippen LogP contribution in [0.4, 0.5) is 5.69 Å². The normalized spacial score (nSPS) is 23.5. The van der Waals surface area contributed by atoms with Crippen LogP contribution in [0, 0.1) is 24.7 Å². The number of imide groups is 1. The molecule has 0 bridgehead atoms. The average molecular weight is 642 g/mol. The fourth-order valence-corrected chi connectivity index (χ4v) is 7.80. The Morgan fingerprint density at radius 3 is 2.38 bits per heavy atom. The number of aryl methyl sites for hydroxylation is 1. The minimum Gasteiger partial charge on any atom is -0.507 e. The monoisotopic (exact) mass is 641 g/mol. The Morgan fingerprint density at radius 1 is 0.875 bits per heavy atom. The van der Waals surface area contributed by atoms with Crippen molar-refractivity contribution in [1.82, 2.24) is 0 Å². The zero-order valence-corrected chi connectivity index (χ0v) is 27.2. The summed E-state index contributed by atoms with van der Waals surface area (Å²) in [6.07, 6.45) is 7.66. The van der Waals surface area contributed by atoms with Crippen LogP contribution in [0.5, 0.6) is 17.2 Å². The number of nitrogens with zero attached hydrogens (tertiary/aromatic N) is 1. The van der Waals surface area contributed by atoms with E-state index in [1.54, 1.807) is 52.3 Å². The number of rotatable bonds is 6. The van der Waals surface area contributed by atoms with Crippen LogP contribution in [0.15, 0.2) is 95.1 Å². The van der Waals surface area contributed by atoms with E-state index in [1.807, 2.05) is 54.6 Å². The van der Waals surface area contributed by atoms with Gasteiger partial charge in [0.05, 0.1) is 31.7 Å². The first-order chi connectivity index (χ1) is 23.1. The van der Waals surface area contributed by atoms with E-state index in [2.05, 4.69) is 0 Å². The molecule has 1 saturated heterocycles. The maximum absolute atomic E-state index is 14.3. The molecule has 48 heavy (non-hydrogen) atoms. The molecule has 0 radical (unpaired) electrons. The number of carbonyl (C=O) groups excluding carboxylic acids is 4. The maximum Gasteiger partial charge on any atom is 0.238 e. The van der Waals surface area contributed by atoms with Crippen molar-refractivity contribution in [3.8, 4) is 17.2 Å². The lowest BCUT2D eigenvalue weighted by Crippen LogP contribution is -2.39. The van der Waals surface area contributed by atoms with Crippen molar-refractivity contribution in [3.63, 3.8) is 0 Å². The second kappa shape index (κ2) is 11.9. The lowest BCUT2D eigenvalue weighted by atomic mass is 9.59. The number of phenolic OH excluding ortho intramolecular Hbond substituents is 1. The van der Waals surface area contributed by atoms with Gasteiger partial charge in [-0.05, 0) is 80.1 Å². The molecule has 1 heterocycles. The second-order valence-electron chi connectivity index (χ2n) is 12.8. The molecule has 0 spiro atoms. The molecule has 4 aliphatic rings. The van der Waals surface area contributed by atoms with Crippen molar-refractivity contribution in [2.75, 3.05) is 19.1 Å². The summed E-state index contributed by atoms with van der Waals surface area (Å²) in [5, 5.41) is 11.2. The predicted octanol–water partition coefficient (Wildman–Crippen LogP) is 6.52. The quantitative estimate of drug-likeness (QED) is 0.141. The number of amides is 2. The highest BCUT2D eigenvalue weighted by molar-refractivity contribution is 6.25. The number of hydrogen-bond donors (Lipinski definition) is 1. The van der Waals surface area contributed by atoms with Crippen molar-refractivity contribution in [2.45, 2.75) is 32.6 Å². The number of hydrogen-bond acceptors (Lipinski definition) is 7. The Hall–Kier alpha value is -5.50. The molecule has 3 aromatic rings. The zero-order chi connectivity index (χ0) is 33.9. The van der Waals surface area contributed by atoms with E-state index in [-0.39, 0.29) is 35.6 Å². The van der Waals surface area contributed by atoms with Crippen molar-refractivity contribution < 1.29 is 33.8 Å². The first-order valence-electron chi connectivity index (χ1n) is 16.0. The van der Waals surface area contributed by atoms with Gasteiger partial charge in [-0.2, -0.15) is 0 Å². The number of Topliss-reactive ketones (excluding diaryl/α,β-unsaturated/α-hetero) is 1. The maximum atomic E-state index is 14.3. The van der Waals surface area contributed by atoms with E-state index in [0.717, 1.165) is 16.7 Å². The Balaban J connectivity index is 1.21. The lowest BCUT2D eigenvalue weighted by molar-refractivity contribution is -0.123. The van der Waals surface area contributed by atoms with Crippen molar-refractivity contribution >= 4 is 41.2 Å². The predicted molar refractivity (Wildman–Crippen MR) is 182 cm³/mol. The number of carbonyl (C=O) groups is 4. The number of phenols is 1. The first kappa shape index (κ1) is 31.1. The van der Waals surface area contributed by atoms with Crippen LogP contribution in [0.25, 0.3) is 12.2 Å². The SMILES string of the molecule is COc1ccc(OC)c(C=Cc2ccc(N3C(=O)[C@H]4[C@H](CC=C5[C@H](c6cccc(C)c6O)C6=C(C[C@H]54)C(=O)C(C)=CC6=O)C3=O)cc2)c1. The molecule has 8 heteroatoms. The van der Waals surface area contributed by atoms with E-state index in [0.29, 0.717) is 51.5 Å². The van der Waals surface area contributed by atoms with Gasteiger partial charge in [-0.3, -0.25) is 24.1 Å². The Labute approximate surface area is 278 Å². The van der Waals surface area contributed by atoms with Gasteiger partial charge in [0.15, 0.2) is 11.6 Å². The van der Waals surface area contributed by atoms with Gasteiger partial charge in [0, 0.05) is 33.8 Å². The third kappa shape index (κ3) is 4.91. The van der Waals surface area contributed by atoms with Gasteiger partial charge in [-0.1, -0.05) is 54.1 Å². The molecule has 3 aromatic carbocycles. The summed E-state index contributed by atoms with van der Waals surface area (Å²) in [5.41, 5.74) is 5.23. The first-order valence-corrected chi connectivity index (χ1v) is 16.0. The standard InChI is InChI=1S/C40H35NO7/c1-21-6-5-7-28(37(21)43)34-27-15-16-29-35(30(27)20-31-36(34)32(42)18-22(2)38(31)44)40(46)41(39(29)45)25-12-9-23(10-13-25)8-11-24-19-26(47-3)14-17-33(24)48-4/h5-15,17-19,29-30,34-35,43H,16,20H2,1-4H3/t29-,30+,34+,35-/m0/s1. The zero-order valence-electron chi connectivity index (χ0n) is 27.2. The summed E-state index contributed by atoms with van der Waals surface area (Å²) in [4.78, 5) is 56.5. The van der Waals surface area contributed by atoms with Gasteiger partial charge < -0.3 is 14.6 Å². The molecule has 0 aromatic heterocycles. The van der Waals surface area contributed by atoms with Gasteiger partial charge in [0.1, 0.15) is 17.2 Å². The number of ether oxygens (including phenoxy) is 2. The van der Waals surface area contributed by atoms with Crippen LogP contribution in [-0.4, -0.2) is 42.7 Å². The Bertz CT molecular complexity index is 2030. The molecule has 2 amide bonds. The highest BCUT2D eigenvalue weighted by Gasteiger charge is 2.56. The van der Waals surface area contributed by atoms with E-state index in [1.165, 1.54) is 11.0 Å². The van der Waals surface area contributed by atoms with Crippen molar-refractivity contribution in [3.05, 3.63) is 117 Å². The summed E-state index contributed by atoms with van der Waals surface area (Å²) in [7, 11) is 3.21. The van der Waals surface area contributed by atoms with Gasteiger partial charge in [-0.15, -0.1) is 0 Å². The molecule has 242 valence electrons. The molecule has 0 unspecified atom stereocenters. The largest absolute Gasteiger partial charge is 0.507 e. The van der Waals surface area contributed by atoms with Crippen LogP contribution in [0.1, 0.15) is 47.9 Å². The van der Waals surface area contributed by atoms with E-state index in [9.17, 15) is 24.3 Å². The number of methoxy groups -OCH3 is 2. The van der Waals surface area contributed by atoms with Gasteiger partial charge in [-0.25, -0.2) is 0 Å². The minimum absolute atomic E-state index is 0.0546. The van der Waals surface area contributed by atoms with Crippen LogP contribution in [-0.2, 0) is 19.2 Å². The topological polar surface area (TPSA) is 110 Å². The number of aromatic hydroxyl groups is 1. The number of allylic oxidation sites excluding steroid dienone is 6. The molecule has 1 aliphatic heterocycles. The lowest BCUT2D eigenvalue weighted by Gasteiger charge is -2.42. The highest BCUT2D eigenvalue weighted by atomic mass is 16.5. The molecular formula is C40H35NO7. The summed E-state index contributed by atoms with van der Waals surface area (Å²) >= 11 is 0. The number of ketones is 2. The van der Waals surface area contributed by atoms with Crippen LogP contribution < -0.4 is 14.4 Å². The van der Waals surface area contributed by atoms with Crippen LogP contribution in [0.2, 0.25) is 0 Å². The van der Waals surface area contributed by atoms with Crippen LogP contribution in [0.3, 0.4) is 0 Å². The average Bonchev–Trinajstić information content (AvgIpc) is 3.35. The van der Waals surface area contributed by atoms with Gasteiger partial charge in [0.25, 0.3) is 0 Å². The van der Waals surface area contributed by atoms with Gasteiger partial charge in [0.2, 0.25) is 11.8 Å². The molecule has 8 nitrogen and oxygen atoms in total. The van der Waals surface area contributed by atoms with E-state index < -0.39 is 23.7 Å². The third-order valence-corrected chi connectivity index (χ3v) is 10.2. The number of anilines is 1. The highest BCUT2D eigenvalue weighted by Crippen LogP contribution is 2.56. The molecular weight excluding hydrogens is 606 g/mol. The van der Waals surface area contributed by atoms with E-state index in [4.69, 9.17) is 9.47 Å². The van der Waals surface area contributed by atoms with Crippen LogP contribution >= 0.6 is 0 Å². The fourth-order valence-electron chi connectivity index (χ4n) is 7.80. The Kier molecular flexibility index (Phi) is 7.74. The second-order valence-corrected chi connectivity index (χ2v) is 12.8. The summed E-state index contributed by atoms with van der Waals surface area (Å²) in [5.74, 6) is -2.08. The molecule has 1 N–H and O–H groups in total. The Morgan fingerprint density at radius 2 is 1.65 bits per heavy atom. The van der Waals surface area contributed by atoms with Crippen molar-refractivity contribution in [2.24, 2.45) is 17.8 Å². The number of fused-ring (bicyclic) bond motifs is 3. The van der Waals surface area contributed by atoms with Crippen molar-refractivity contribution in [1.29, 1.82) is 0 Å². The molecule has 4 atom stereocenters. The summed E-state index contributed by atoms with van der Waals surface area (Å²) in [6, 6.07) is 18.1. The van der Waals surface area contributed by atoms with Gasteiger partial charge >= 0.3 is 0 Å². The fraction of sp³-hybridized carbons (Fsp3) is 0.250. The smallest absolute Gasteiger partial charge is 0.238 e. The number of benzene rings is 3.